The van der Waals surface area contributed by atoms with Gasteiger partial charge in [0.1, 0.15) is 0 Å². The van der Waals surface area contributed by atoms with E-state index in [1.165, 1.54) is 30.5 Å². The van der Waals surface area contributed by atoms with Gasteiger partial charge in [-0.3, -0.25) is 4.68 Å². The normalized spacial score (nSPS) is 11.0. The largest absolute Gasteiger partial charge is 0.383 e. The molecule has 0 atom stereocenters. The molecule has 0 aliphatic heterocycles. The number of ether oxygens (including phenoxy) is 1. The predicted octanol–water partition coefficient (Wildman–Crippen LogP) is 2.12. The van der Waals surface area contributed by atoms with E-state index in [1.807, 2.05) is 6.20 Å². The summed E-state index contributed by atoms with van der Waals surface area (Å²) >= 11 is 0. The Balaban J connectivity index is 2.35. The van der Waals surface area contributed by atoms with E-state index in [4.69, 9.17) is 4.74 Å². The van der Waals surface area contributed by atoms with Gasteiger partial charge in [-0.1, -0.05) is 19.8 Å². The summed E-state index contributed by atoms with van der Waals surface area (Å²) < 4.78 is 7.11. The Morgan fingerprint density at radius 3 is 2.94 bits per heavy atom. The van der Waals surface area contributed by atoms with Crippen molar-refractivity contribution in [2.24, 2.45) is 0 Å². The fraction of sp³-hybridized carbons (Fsp3) is 0.769. The molecule has 0 aromatic carbocycles. The molecule has 0 amide bonds. The first-order valence-electron chi connectivity index (χ1n) is 6.50. The zero-order chi connectivity index (χ0) is 12.5. The van der Waals surface area contributed by atoms with E-state index in [2.05, 4.69) is 28.9 Å². The Labute approximate surface area is 104 Å². The highest BCUT2D eigenvalue weighted by Crippen LogP contribution is 2.08. The zero-order valence-corrected chi connectivity index (χ0v) is 11.3. The van der Waals surface area contributed by atoms with Gasteiger partial charge < -0.3 is 10.1 Å². The summed E-state index contributed by atoms with van der Waals surface area (Å²) in [7, 11) is 1.72. The minimum atomic E-state index is 0.754. The van der Waals surface area contributed by atoms with E-state index < -0.39 is 0 Å². The van der Waals surface area contributed by atoms with Crippen LogP contribution in [0.4, 0.5) is 0 Å². The van der Waals surface area contributed by atoms with Gasteiger partial charge in [-0.25, -0.2) is 0 Å². The third-order valence-corrected chi connectivity index (χ3v) is 2.98. The number of methoxy groups -OCH3 is 1. The summed E-state index contributed by atoms with van der Waals surface area (Å²) in [5, 5.41) is 7.78. The molecule has 0 saturated carbocycles. The lowest BCUT2D eigenvalue weighted by Gasteiger charge is -2.06. The van der Waals surface area contributed by atoms with Crippen molar-refractivity contribution < 1.29 is 4.74 Å². The molecule has 4 nitrogen and oxygen atoms in total. The van der Waals surface area contributed by atoms with Crippen molar-refractivity contribution in [2.75, 3.05) is 20.3 Å². The van der Waals surface area contributed by atoms with Crippen molar-refractivity contribution in [1.29, 1.82) is 0 Å². The van der Waals surface area contributed by atoms with Gasteiger partial charge >= 0.3 is 0 Å². The van der Waals surface area contributed by atoms with Crippen LogP contribution in [0.1, 0.15) is 37.4 Å². The Hall–Kier alpha value is -0.870. The molecule has 1 aromatic rings. The number of rotatable bonds is 9. The summed E-state index contributed by atoms with van der Waals surface area (Å²) in [5.74, 6) is 0. The number of hydrogen-bond donors (Lipinski definition) is 1. The van der Waals surface area contributed by atoms with Gasteiger partial charge in [0.25, 0.3) is 0 Å². The second kappa shape index (κ2) is 8.25. The van der Waals surface area contributed by atoms with Crippen LogP contribution in [0.25, 0.3) is 0 Å². The first-order valence-corrected chi connectivity index (χ1v) is 6.50. The number of aryl methyl sites for hydroxylation is 1. The van der Waals surface area contributed by atoms with Crippen LogP contribution in [-0.4, -0.2) is 30.0 Å². The summed E-state index contributed by atoms with van der Waals surface area (Å²) in [6, 6.07) is 0. The van der Waals surface area contributed by atoms with Gasteiger partial charge in [0.15, 0.2) is 0 Å². The molecule has 0 saturated heterocycles. The smallest absolute Gasteiger partial charge is 0.0587 e. The Morgan fingerprint density at radius 1 is 1.41 bits per heavy atom. The SMILES string of the molecule is CCCCCn1ncc(CNCCOC)c1C. The van der Waals surface area contributed by atoms with Gasteiger partial charge in [-0.15, -0.1) is 0 Å². The molecule has 0 radical (unpaired) electrons. The van der Waals surface area contributed by atoms with Crippen LogP contribution >= 0.6 is 0 Å². The van der Waals surface area contributed by atoms with Crippen molar-refractivity contribution >= 4 is 0 Å². The average molecular weight is 239 g/mol. The Kier molecular flexibility index (Phi) is 6.89. The fourth-order valence-electron chi connectivity index (χ4n) is 1.79. The van der Waals surface area contributed by atoms with Gasteiger partial charge in [0.2, 0.25) is 0 Å². The Bertz CT molecular complexity index is 310. The molecule has 0 aliphatic rings. The molecule has 98 valence electrons. The number of hydrogen-bond acceptors (Lipinski definition) is 3. The molecule has 1 aromatic heterocycles. The molecule has 0 unspecified atom stereocenters. The van der Waals surface area contributed by atoms with Gasteiger partial charge in [-0.05, 0) is 13.3 Å². The molecule has 0 fully saturated rings. The quantitative estimate of drug-likeness (QED) is 0.671. The molecular weight excluding hydrogens is 214 g/mol. The molecule has 1 N–H and O–H groups in total. The van der Waals surface area contributed by atoms with E-state index in [0.717, 1.165) is 26.2 Å². The Morgan fingerprint density at radius 2 is 2.24 bits per heavy atom. The van der Waals surface area contributed by atoms with E-state index in [1.54, 1.807) is 7.11 Å². The number of unbranched alkanes of at least 4 members (excludes halogenated alkanes) is 2. The highest BCUT2D eigenvalue weighted by atomic mass is 16.5. The second-order valence-corrected chi connectivity index (χ2v) is 4.36. The summed E-state index contributed by atoms with van der Waals surface area (Å²) in [6.45, 7) is 7.93. The summed E-state index contributed by atoms with van der Waals surface area (Å²) in [6.07, 6.45) is 5.73. The topological polar surface area (TPSA) is 39.1 Å². The molecule has 17 heavy (non-hydrogen) atoms. The molecule has 1 heterocycles. The summed E-state index contributed by atoms with van der Waals surface area (Å²) in [5.41, 5.74) is 2.57. The first kappa shape index (κ1) is 14.2. The van der Waals surface area contributed by atoms with Crippen LogP contribution in [0.15, 0.2) is 6.20 Å². The van der Waals surface area contributed by atoms with Gasteiger partial charge in [0, 0.05) is 38.0 Å². The van der Waals surface area contributed by atoms with Crippen LogP contribution in [0, 0.1) is 6.92 Å². The molecule has 0 spiro atoms. The third kappa shape index (κ3) is 4.88. The van der Waals surface area contributed by atoms with Crippen molar-refractivity contribution in [1.82, 2.24) is 15.1 Å². The van der Waals surface area contributed by atoms with E-state index in [9.17, 15) is 0 Å². The minimum Gasteiger partial charge on any atom is -0.383 e. The van der Waals surface area contributed by atoms with E-state index >= 15 is 0 Å². The number of nitrogens with zero attached hydrogens (tertiary/aromatic N) is 2. The minimum absolute atomic E-state index is 0.754. The van der Waals surface area contributed by atoms with Crippen molar-refractivity contribution in [2.45, 2.75) is 46.2 Å². The van der Waals surface area contributed by atoms with Gasteiger partial charge in [-0.2, -0.15) is 5.10 Å². The predicted molar refractivity (Wildman–Crippen MR) is 70.1 cm³/mol. The zero-order valence-electron chi connectivity index (χ0n) is 11.3. The number of aromatic nitrogens is 2. The second-order valence-electron chi connectivity index (χ2n) is 4.36. The van der Waals surface area contributed by atoms with Crippen LogP contribution in [0.2, 0.25) is 0 Å². The van der Waals surface area contributed by atoms with Crippen LogP contribution in [-0.2, 0) is 17.8 Å². The van der Waals surface area contributed by atoms with Gasteiger partial charge in [0.05, 0.1) is 12.8 Å². The maximum Gasteiger partial charge on any atom is 0.0587 e. The molecule has 1 rings (SSSR count). The monoisotopic (exact) mass is 239 g/mol. The number of nitrogens with one attached hydrogen (secondary N) is 1. The lowest BCUT2D eigenvalue weighted by molar-refractivity contribution is 0.199. The molecular formula is C13H25N3O. The third-order valence-electron chi connectivity index (χ3n) is 2.98. The summed E-state index contributed by atoms with van der Waals surface area (Å²) in [4.78, 5) is 0. The van der Waals surface area contributed by atoms with Crippen molar-refractivity contribution in [3.63, 3.8) is 0 Å². The maximum absolute atomic E-state index is 5.00. The lowest BCUT2D eigenvalue weighted by Crippen LogP contribution is -2.18. The molecule has 0 aliphatic carbocycles. The standard InChI is InChI=1S/C13H25N3O/c1-4-5-6-8-16-12(2)13(11-15-16)10-14-7-9-17-3/h11,14H,4-10H2,1-3H3. The maximum atomic E-state index is 5.00. The van der Waals surface area contributed by atoms with E-state index in [-0.39, 0.29) is 0 Å². The highest BCUT2D eigenvalue weighted by Gasteiger charge is 2.05. The van der Waals surface area contributed by atoms with Crippen molar-refractivity contribution in [3.8, 4) is 0 Å². The fourth-order valence-corrected chi connectivity index (χ4v) is 1.79. The molecule has 4 heteroatoms. The van der Waals surface area contributed by atoms with E-state index in [0.29, 0.717) is 0 Å². The highest BCUT2D eigenvalue weighted by molar-refractivity contribution is 5.15. The van der Waals surface area contributed by atoms with Crippen LogP contribution in [0.3, 0.4) is 0 Å². The molecule has 0 bridgehead atoms. The average Bonchev–Trinajstić information content (AvgIpc) is 2.67. The lowest BCUT2D eigenvalue weighted by atomic mass is 10.2. The van der Waals surface area contributed by atoms with Crippen LogP contribution in [0.5, 0.6) is 0 Å². The van der Waals surface area contributed by atoms with Crippen molar-refractivity contribution in [3.05, 3.63) is 17.5 Å². The first-order chi connectivity index (χ1) is 8.29. The van der Waals surface area contributed by atoms with Crippen LogP contribution < -0.4 is 5.32 Å².